The molecule has 82 valence electrons. The topological polar surface area (TPSA) is 51.8 Å². The van der Waals surface area contributed by atoms with Crippen molar-refractivity contribution in [2.24, 2.45) is 5.73 Å². The second-order valence-corrected chi connectivity index (χ2v) is 5.18. The van der Waals surface area contributed by atoms with E-state index in [1.54, 1.807) is 12.4 Å². The molecule has 0 spiro atoms. The molecule has 0 amide bonds. The number of hydrogen-bond acceptors (Lipinski definition) is 3. The van der Waals surface area contributed by atoms with Crippen LogP contribution in [0.5, 0.6) is 0 Å². The Kier molecular flexibility index (Phi) is 3.68. The van der Waals surface area contributed by atoms with Gasteiger partial charge < -0.3 is 5.73 Å². The number of halogens is 2. The molecule has 1 atom stereocenters. The van der Waals surface area contributed by atoms with Crippen LogP contribution < -0.4 is 5.73 Å². The van der Waals surface area contributed by atoms with Crippen molar-refractivity contribution >= 4 is 31.9 Å². The van der Waals surface area contributed by atoms with Crippen molar-refractivity contribution in [3.8, 4) is 0 Å². The molecule has 0 fully saturated rings. The van der Waals surface area contributed by atoms with Crippen LogP contribution in [0.4, 0.5) is 0 Å². The summed E-state index contributed by atoms with van der Waals surface area (Å²) in [6.07, 6.45) is 4.95. The molecular weight excluding hydrogens is 334 g/mol. The lowest BCUT2D eigenvalue weighted by atomic mass is 10.0. The van der Waals surface area contributed by atoms with Gasteiger partial charge in [-0.1, -0.05) is 31.9 Å². The first-order chi connectivity index (χ1) is 7.66. The highest BCUT2D eigenvalue weighted by Gasteiger charge is 2.10. The van der Waals surface area contributed by atoms with E-state index in [1.807, 2.05) is 18.2 Å². The maximum absolute atomic E-state index is 6.13. The van der Waals surface area contributed by atoms with Crippen LogP contribution in [0.2, 0.25) is 0 Å². The van der Waals surface area contributed by atoms with Crippen LogP contribution in [0.1, 0.15) is 17.2 Å². The van der Waals surface area contributed by atoms with E-state index >= 15 is 0 Å². The number of nitrogens with two attached hydrogens (primary N) is 1. The lowest BCUT2D eigenvalue weighted by Crippen LogP contribution is -2.12. The van der Waals surface area contributed by atoms with Crippen LogP contribution in [-0.4, -0.2) is 9.97 Å². The van der Waals surface area contributed by atoms with Crippen molar-refractivity contribution in [2.75, 3.05) is 0 Å². The number of hydrogen-bond donors (Lipinski definition) is 1. The maximum atomic E-state index is 6.13. The number of aromatic nitrogens is 2. The van der Waals surface area contributed by atoms with E-state index in [0.29, 0.717) is 0 Å². The predicted molar refractivity (Wildman–Crippen MR) is 69.9 cm³/mol. The summed E-state index contributed by atoms with van der Waals surface area (Å²) in [5, 5.41) is 0. The van der Waals surface area contributed by atoms with Gasteiger partial charge in [0.05, 0.1) is 6.04 Å². The molecule has 1 aromatic heterocycles. The van der Waals surface area contributed by atoms with Crippen molar-refractivity contribution < 1.29 is 0 Å². The molecule has 0 aliphatic heterocycles. The van der Waals surface area contributed by atoms with E-state index in [9.17, 15) is 0 Å². The van der Waals surface area contributed by atoms with E-state index < -0.39 is 0 Å². The minimum Gasteiger partial charge on any atom is -0.320 e. The Balaban J connectivity index is 2.37. The average molecular weight is 343 g/mol. The molecule has 2 N–H and O–H groups in total. The van der Waals surface area contributed by atoms with E-state index in [1.165, 1.54) is 6.33 Å². The third kappa shape index (κ3) is 2.66. The van der Waals surface area contributed by atoms with Gasteiger partial charge in [0.2, 0.25) is 0 Å². The van der Waals surface area contributed by atoms with Crippen molar-refractivity contribution in [3.05, 3.63) is 57.0 Å². The Labute approximate surface area is 110 Å². The molecule has 0 aliphatic rings. The number of benzene rings is 1. The zero-order valence-corrected chi connectivity index (χ0v) is 11.4. The van der Waals surface area contributed by atoms with E-state index in [2.05, 4.69) is 41.8 Å². The lowest BCUT2D eigenvalue weighted by Gasteiger charge is -2.12. The Morgan fingerprint density at radius 2 is 1.50 bits per heavy atom. The molecule has 2 rings (SSSR count). The van der Waals surface area contributed by atoms with Gasteiger partial charge in [-0.05, 0) is 23.8 Å². The van der Waals surface area contributed by atoms with Gasteiger partial charge >= 0.3 is 0 Å². The van der Waals surface area contributed by atoms with Crippen molar-refractivity contribution in [3.63, 3.8) is 0 Å². The van der Waals surface area contributed by atoms with Gasteiger partial charge in [0.1, 0.15) is 6.33 Å². The van der Waals surface area contributed by atoms with Crippen molar-refractivity contribution in [1.82, 2.24) is 9.97 Å². The van der Waals surface area contributed by atoms with Gasteiger partial charge in [0.15, 0.2) is 0 Å². The molecule has 0 saturated heterocycles. The van der Waals surface area contributed by atoms with Crippen LogP contribution in [0.15, 0.2) is 45.9 Å². The quantitative estimate of drug-likeness (QED) is 0.912. The predicted octanol–water partition coefficient (Wildman–Crippen LogP) is 3.05. The van der Waals surface area contributed by atoms with E-state index in [0.717, 1.165) is 20.1 Å². The van der Waals surface area contributed by atoms with Gasteiger partial charge in [-0.25, -0.2) is 9.97 Å². The van der Waals surface area contributed by atoms with Crippen molar-refractivity contribution in [2.45, 2.75) is 6.04 Å². The third-order valence-electron chi connectivity index (χ3n) is 2.18. The molecule has 0 bridgehead atoms. The summed E-state index contributed by atoms with van der Waals surface area (Å²) in [6.45, 7) is 0. The Bertz CT molecular complexity index is 468. The molecule has 1 aromatic carbocycles. The molecule has 0 radical (unpaired) electrons. The molecule has 0 saturated carbocycles. The largest absolute Gasteiger partial charge is 0.320 e. The second-order valence-electron chi connectivity index (χ2n) is 3.35. The molecule has 1 heterocycles. The maximum Gasteiger partial charge on any atom is 0.115 e. The normalized spacial score (nSPS) is 12.4. The first-order valence-corrected chi connectivity index (χ1v) is 6.22. The standard InChI is InChI=1S/C11H9Br2N3/c12-9-1-7(2-10(13)3-9)11(14)8-4-15-6-16-5-8/h1-6,11H,14H2. The second kappa shape index (κ2) is 5.03. The lowest BCUT2D eigenvalue weighted by molar-refractivity contribution is 0.849. The first-order valence-electron chi connectivity index (χ1n) is 4.63. The summed E-state index contributed by atoms with van der Waals surface area (Å²) >= 11 is 6.87. The zero-order chi connectivity index (χ0) is 11.5. The Hall–Kier alpha value is -0.780. The van der Waals surface area contributed by atoms with Gasteiger partial charge in [0.25, 0.3) is 0 Å². The van der Waals surface area contributed by atoms with Gasteiger partial charge in [-0.2, -0.15) is 0 Å². The Morgan fingerprint density at radius 3 is 2.06 bits per heavy atom. The molecule has 5 heteroatoms. The fourth-order valence-electron chi connectivity index (χ4n) is 1.42. The minimum absolute atomic E-state index is 0.213. The van der Waals surface area contributed by atoms with Crippen LogP contribution in [-0.2, 0) is 0 Å². The highest BCUT2D eigenvalue weighted by Crippen LogP contribution is 2.26. The summed E-state index contributed by atoms with van der Waals surface area (Å²) in [5.41, 5.74) is 8.04. The van der Waals surface area contributed by atoms with Crippen LogP contribution in [0.25, 0.3) is 0 Å². The fraction of sp³-hybridized carbons (Fsp3) is 0.0909. The fourth-order valence-corrected chi connectivity index (χ4v) is 2.75. The van der Waals surface area contributed by atoms with Crippen LogP contribution in [0, 0.1) is 0 Å². The smallest absolute Gasteiger partial charge is 0.115 e. The molecular formula is C11H9Br2N3. The highest BCUT2D eigenvalue weighted by molar-refractivity contribution is 9.11. The molecule has 3 nitrogen and oxygen atoms in total. The SMILES string of the molecule is NC(c1cncnc1)c1cc(Br)cc(Br)c1. The Morgan fingerprint density at radius 1 is 0.938 bits per heavy atom. The van der Waals surface area contributed by atoms with E-state index in [-0.39, 0.29) is 6.04 Å². The zero-order valence-electron chi connectivity index (χ0n) is 8.27. The van der Waals surface area contributed by atoms with Gasteiger partial charge in [-0.15, -0.1) is 0 Å². The summed E-state index contributed by atoms with van der Waals surface area (Å²) < 4.78 is 1.98. The summed E-state index contributed by atoms with van der Waals surface area (Å²) in [6, 6.07) is 5.73. The summed E-state index contributed by atoms with van der Waals surface area (Å²) in [4.78, 5) is 7.92. The van der Waals surface area contributed by atoms with Crippen molar-refractivity contribution in [1.29, 1.82) is 0 Å². The van der Waals surface area contributed by atoms with Crippen LogP contribution >= 0.6 is 31.9 Å². The van der Waals surface area contributed by atoms with Gasteiger partial charge in [-0.3, -0.25) is 0 Å². The minimum atomic E-state index is -0.213. The summed E-state index contributed by atoms with van der Waals surface area (Å²) in [5.74, 6) is 0. The third-order valence-corrected chi connectivity index (χ3v) is 3.10. The average Bonchev–Trinajstić information content (AvgIpc) is 2.28. The van der Waals surface area contributed by atoms with Gasteiger partial charge in [0, 0.05) is 26.9 Å². The molecule has 2 aromatic rings. The number of nitrogens with zero attached hydrogens (tertiary/aromatic N) is 2. The van der Waals surface area contributed by atoms with E-state index in [4.69, 9.17) is 5.73 Å². The molecule has 0 aliphatic carbocycles. The summed E-state index contributed by atoms with van der Waals surface area (Å²) in [7, 11) is 0. The van der Waals surface area contributed by atoms with Crippen LogP contribution in [0.3, 0.4) is 0 Å². The highest BCUT2D eigenvalue weighted by atomic mass is 79.9. The number of rotatable bonds is 2. The first kappa shape index (κ1) is 11.7. The molecule has 16 heavy (non-hydrogen) atoms. The molecule has 1 unspecified atom stereocenters. The monoisotopic (exact) mass is 341 g/mol.